The average Bonchev–Trinajstić information content (AvgIpc) is 2.97. The average molecular weight is 342 g/mol. The highest BCUT2D eigenvalue weighted by atomic mass is 79.9. The van der Waals surface area contributed by atoms with E-state index in [0.29, 0.717) is 21.9 Å². The Balaban J connectivity index is 1.98. The zero-order valence-corrected chi connectivity index (χ0v) is 12.9. The molecule has 2 atom stereocenters. The predicted octanol–water partition coefficient (Wildman–Crippen LogP) is 3.34. The van der Waals surface area contributed by atoms with Crippen LogP contribution in [0.4, 0.5) is 10.3 Å². The molecule has 2 aromatic rings. The molecule has 4 nitrogen and oxygen atoms in total. The van der Waals surface area contributed by atoms with Crippen molar-refractivity contribution in [3.8, 4) is 0 Å². The SMILES string of the molecule is CCC1OCCC1Cn1c(N)nc2cc(Br)c(F)cc21. The van der Waals surface area contributed by atoms with E-state index in [1.54, 1.807) is 6.07 Å². The molecule has 1 fully saturated rings. The van der Waals surface area contributed by atoms with E-state index in [2.05, 4.69) is 27.8 Å². The molecular formula is C14H17BrFN3O. The second-order valence-corrected chi connectivity index (χ2v) is 6.06. The number of ether oxygens (including phenoxy) is 1. The van der Waals surface area contributed by atoms with Gasteiger partial charge in [-0.2, -0.15) is 0 Å². The van der Waals surface area contributed by atoms with Crippen molar-refractivity contribution in [2.75, 3.05) is 12.3 Å². The molecule has 2 N–H and O–H groups in total. The molecule has 1 saturated heterocycles. The van der Waals surface area contributed by atoms with Crippen LogP contribution in [0.15, 0.2) is 16.6 Å². The third-order valence-corrected chi connectivity index (χ3v) is 4.59. The van der Waals surface area contributed by atoms with E-state index < -0.39 is 0 Å². The Hall–Kier alpha value is -1.14. The Labute approximate surface area is 125 Å². The first-order valence-corrected chi connectivity index (χ1v) is 7.61. The van der Waals surface area contributed by atoms with E-state index in [1.807, 2.05) is 4.57 Å². The number of nitrogen functional groups attached to an aromatic ring is 1. The Morgan fingerprint density at radius 2 is 2.35 bits per heavy atom. The molecule has 0 radical (unpaired) electrons. The first kappa shape index (κ1) is 13.8. The quantitative estimate of drug-likeness (QED) is 0.931. The number of nitrogens with two attached hydrogens (primary N) is 1. The van der Waals surface area contributed by atoms with Crippen molar-refractivity contribution < 1.29 is 9.13 Å². The summed E-state index contributed by atoms with van der Waals surface area (Å²) >= 11 is 3.17. The molecule has 20 heavy (non-hydrogen) atoms. The second-order valence-electron chi connectivity index (χ2n) is 5.20. The lowest BCUT2D eigenvalue weighted by molar-refractivity contribution is 0.0839. The van der Waals surface area contributed by atoms with Gasteiger partial charge in [-0.05, 0) is 34.8 Å². The maximum atomic E-state index is 13.7. The van der Waals surface area contributed by atoms with Gasteiger partial charge in [-0.25, -0.2) is 9.37 Å². The summed E-state index contributed by atoms with van der Waals surface area (Å²) in [5, 5.41) is 0. The number of hydrogen-bond donors (Lipinski definition) is 1. The van der Waals surface area contributed by atoms with Gasteiger partial charge in [0, 0.05) is 25.1 Å². The Morgan fingerprint density at radius 3 is 3.10 bits per heavy atom. The van der Waals surface area contributed by atoms with Crippen molar-refractivity contribution in [1.82, 2.24) is 9.55 Å². The van der Waals surface area contributed by atoms with E-state index >= 15 is 0 Å². The van der Waals surface area contributed by atoms with E-state index in [0.717, 1.165) is 31.5 Å². The highest BCUT2D eigenvalue weighted by Crippen LogP contribution is 2.30. The highest BCUT2D eigenvalue weighted by Gasteiger charge is 2.28. The zero-order chi connectivity index (χ0) is 14.3. The van der Waals surface area contributed by atoms with Crippen LogP contribution in [-0.4, -0.2) is 22.3 Å². The van der Waals surface area contributed by atoms with Gasteiger partial charge in [-0.1, -0.05) is 6.92 Å². The van der Waals surface area contributed by atoms with Crippen LogP contribution in [-0.2, 0) is 11.3 Å². The Morgan fingerprint density at radius 1 is 1.55 bits per heavy atom. The van der Waals surface area contributed by atoms with Gasteiger partial charge in [0.05, 0.1) is 21.6 Å². The molecule has 0 spiro atoms. The fourth-order valence-corrected chi connectivity index (χ4v) is 3.25. The second kappa shape index (κ2) is 5.33. The predicted molar refractivity (Wildman–Crippen MR) is 79.9 cm³/mol. The lowest BCUT2D eigenvalue weighted by Gasteiger charge is -2.18. The molecular weight excluding hydrogens is 325 g/mol. The van der Waals surface area contributed by atoms with Crippen molar-refractivity contribution in [2.24, 2.45) is 5.92 Å². The van der Waals surface area contributed by atoms with Crippen LogP contribution in [0.1, 0.15) is 19.8 Å². The summed E-state index contributed by atoms with van der Waals surface area (Å²) in [6.45, 7) is 3.63. The maximum Gasteiger partial charge on any atom is 0.201 e. The van der Waals surface area contributed by atoms with Gasteiger partial charge in [0.15, 0.2) is 0 Å². The number of halogens is 2. The zero-order valence-electron chi connectivity index (χ0n) is 11.3. The number of fused-ring (bicyclic) bond motifs is 1. The number of aromatic nitrogens is 2. The van der Waals surface area contributed by atoms with Gasteiger partial charge >= 0.3 is 0 Å². The summed E-state index contributed by atoms with van der Waals surface area (Å²) in [5.41, 5.74) is 7.44. The minimum Gasteiger partial charge on any atom is -0.378 e. The smallest absolute Gasteiger partial charge is 0.201 e. The fourth-order valence-electron chi connectivity index (χ4n) is 2.92. The standard InChI is InChI=1S/C14H17BrFN3O/c1-2-13-8(3-4-20-13)7-19-12-6-10(16)9(15)5-11(12)18-14(19)17/h5-6,8,13H,2-4,7H2,1H3,(H2,17,18). The van der Waals surface area contributed by atoms with Crippen LogP contribution >= 0.6 is 15.9 Å². The summed E-state index contributed by atoms with van der Waals surface area (Å²) in [6, 6.07) is 3.15. The van der Waals surface area contributed by atoms with Crippen molar-refractivity contribution in [2.45, 2.75) is 32.4 Å². The third kappa shape index (κ3) is 2.31. The number of imidazole rings is 1. The molecule has 0 bridgehead atoms. The van der Waals surface area contributed by atoms with Gasteiger partial charge in [0.2, 0.25) is 5.95 Å². The Bertz CT molecular complexity index is 643. The van der Waals surface area contributed by atoms with Crippen LogP contribution < -0.4 is 5.73 Å². The van der Waals surface area contributed by atoms with Crippen molar-refractivity contribution in [3.05, 3.63) is 22.4 Å². The minimum absolute atomic E-state index is 0.257. The molecule has 3 rings (SSSR count). The molecule has 0 aliphatic carbocycles. The molecule has 1 aromatic carbocycles. The molecule has 6 heteroatoms. The minimum atomic E-state index is -0.298. The van der Waals surface area contributed by atoms with Crippen molar-refractivity contribution >= 4 is 32.9 Å². The van der Waals surface area contributed by atoms with Crippen LogP contribution in [0.3, 0.4) is 0 Å². The van der Waals surface area contributed by atoms with Crippen LogP contribution in [0.2, 0.25) is 0 Å². The molecule has 2 unspecified atom stereocenters. The summed E-state index contributed by atoms with van der Waals surface area (Å²) in [6.07, 6.45) is 2.25. The van der Waals surface area contributed by atoms with Crippen LogP contribution in [0, 0.1) is 11.7 Å². The molecule has 0 amide bonds. The summed E-state index contributed by atoms with van der Waals surface area (Å²) in [7, 11) is 0. The topological polar surface area (TPSA) is 53.1 Å². The fraction of sp³-hybridized carbons (Fsp3) is 0.500. The van der Waals surface area contributed by atoms with Crippen molar-refractivity contribution in [1.29, 1.82) is 0 Å². The van der Waals surface area contributed by atoms with Crippen LogP contribution in [0.5, 0.6) is 0 Å². The number of hydrogen-bond acceptors (Lipinski definition) is 3. The van der Waals surface area contributed by atoms with Gasteiger partial charge in [-0.3, -0.25) is 0 Å². The van der Waals surface area contributed by atoms with E-state index in [1.165, 1.54) is 6.07 Å². The Kier molecular flexibility index (Phi) is 3.69. The first-order chi connectivity index (χ1) is 9.60. The highest BCUT2D eigenvalue weighted by molar-refractivity contribution is 9.10. The maximum absolute atomic E-state index is 13.7. The summed E-state index contributed by atoms with van der Waals surface area (Å²) in [5.74, 6) is 0.541. The number of nitrogens with zero attached hydrogens (tertiary/aromatic N) is 2. The number of rotatable bonds is 3. The largest absolute Gasteiger partial charge is 0.378 e. The van der Waals surface area contributed by atoms with Crippen molar-refractivity contribution in [3.63, 3.8) is 0 Å². The van der Waals surface area contributed by atoms with Gasteiger partial charge in [0.25, 0.3) is 0 Å². The normalized spacial score (nSPS) is 22.8. The monoisotopic (exact) mass is 341 g/mol. The molecule has 1 aromatic heterocycles. The van der Waals surface area contributed by atoms with E-state index in [-0.39, 0.29) is 11.9 Å². The number of benzene rings is 1. The molecule has 0 saturated carbocycles. The third-order valence-electron chi connectivity index (χ3n) is 3.99. The van der Waals surface area contributed by atoms with E-state index in [9.17, 15) is 4.39 Å². The molecule has 2 heterocycles. The van der Waals surface area contributed by atoms with Gasteiger partial charge in [-0.15, -0.1) is 0 Å². The van der Waals surface area contributed by atoms with E-state index in [4.69, 9.17) is 10.5 Å². The van der Waals surface area contributed by atoms with Crippen LogP contribution in [0.25, 0.3) is 11.0 Å². The lowest BCUT2D eigenvalue weighted by atomic mass is 9.99. The van der Waals surface area contributed by atoms with Gasteiger partial charge < -0.3 is 15.0 Å². The molecule has 1 aliphatic rings. The van der Waals surface area contributed by atoms with Gasteiger partial charge in [0.1, 0.15) is 5.82 Å². The summed E-state index contributed by atoms with van der Waals surface area (Å²) in [4.78, 5) is 4.31. The lowest BCUT2D eigenvalue weighted by Crippen LogP contribution is -2.21. The first-order valence-electron chi connectivity index (χ1n) is 6.82. The molecule has 108 valence electrons. The summed E-state index contributed by atoms with van der Waals surface area (Å²) < 4.78 is 21.7. The number of anilines is 1. The molecule has 1 aliphatic heterocycles.